The fourth-order valence-electron chi connectivity index (χ4n) is 2.02. The van der Waals surface area contributed by atoms with Crippen molar-refractivity contribution in [2.75, 3.05) is 0 Å². The molecule has 0 aromatic heterocycles. The maximum absolute atomic E-state index is 2.42. The van der Waals surface area contributed by atoms with Crippen LogP contribution in [0.1, 0.15) is 46.5 Å². The first-order valence-electron chi connectivity index (χ1n) is 4.72. The molecule has 10 heavy (non-hydrogen) atoms. The summed E-state index contributed by atoms with van der Waals surface area (Å²) in [7, 11) is 0. The molecule has 0 nitrogen and oxygen atoms in total. The Morgan fingerprint density at radius 1 is 0.800 bits per heavy atom. The molecule has 1 saturated carbocycles. The van der Waals surface area contributed by atoms with Gasteiger partial charge in [-0.2, -0.15) is 0 Å². The second-order valence-corrected chi connectivity index (χ2v) is 4.10. The molecule has 2 unspecified atom stereocenters. The van der Waals surface area contributed by atoms with Gasteiger partial charge in [0.2, 0.25) is 0 Å². The van der Waals surface area contributed by atoms with Gasteiger partial charge in [0.05, 0.1) is 0 Å². The number of hydrogen-bond acceptors (Lipinski definition) is 0. The Morgan fingerprint density at radius 2 is 1.20 bits per heavy atom. The lowest BCUT2D eigenvalue weighted by Gasteiger charge is -2.21. The summed E-state index contributed by atoms with van der Waals surface area (Å²) in [5.74, 6) is 2.90. The average molecular weight is 140 g/mol. The lowest BCUT2D eigenvalue weighted by atomic mass is 9.84. The molecular weight excluding hydrogens is 120 g/mol. The van der Waals surface area contributed by atoms with Gasteiger partial charge in [0.1, 0.15) is 0 Å². The maximum Gasteiger partial charge on any atom is -0.0391 e. The minimum atomic E-state index is 0.961. The molecule has 1 aliphatic carbocycles. The van der Waals surface area contributed by atoms with Gasteiger partial charge in [0.15, 0.2) is 0 Å². The first kappa shape index (κ1) is 8.10. The van der Waals surface area contributed by atoms with E-state index in [1.165, 1.54) is 25.7 Å². The van der Waals surface area contributed by atoms with Crippen LogP contribution in [-0.2, 0) is 0 Å². The molecule has 2 atom stereocenters. The Labute approximate surface area is 65.0 Å². The van der Waals surface area contributed by atoms with Gasteiger partial charge < -0.3 is 0 Å². The van der Waals surface area contributed by atoms with Crippen molar-refractivity contribution in [2.24, 2.45) is 17.8 Å². The van der Waals surface area contributed by atoms with Crippen LogP contribution in [0.5, 0.6) is 0 Å². The van der Waals surface area contributed by atoms with Crippen LogP contribution < -0.4 is 0 Å². The van der Waals surface area contributed by atoms with E-state index in [-0.39, 0.29) is 0 Å². The summed E-state index contributed by atoms with van der Waals surface area (Å²) in [6.07, 6.45) is 5.86. The molecule has 0 aromatic carbocycles. The second kappa shape index (κ2) is 3.41. The quantitative estimate of drug-likeness (QED) is 0.452. The van der Waals surface area contributed by atoms with Crippen LogP contribution in [0.25, 0.3) is 0 Å². The summed E-state index contributed by atoms with van der Waals surface area (Å²) in [6, 6.07) is 0. The van der Waals surface area contributed by atoms with Crippen LogP contribution in [-0.4, -0.2) is 0 Å². The van der Waals surface area contributed by atoms with Crippen molar-refractivity contribution in [1.82, 2.24) is 0 Å². The molecule has 1 aliphatic rings. The van der Waals surface area contributed by atoms with Gasteiger partial charge in [-0.25, -0.2) is 0 Å². The van der Waals surface area contributed by atoms with Gasteiger partial charge in [-0.1, -0.05) is 46.5 Å². The normalized spacial score (nSPS) is 42.9. The van der Waals surface area contributed by atoms with Gasteiger partial charge in [-0.3, -0.25) is 0 Å². The van der Waals surface area contributed by atoms with Crippen LogP contribution >= 0.6 is 0 Å². The molecule has 60 valence electrons. The molecule has 0 aromatic rings. The third-order valence-corrected chi connectivity index (χ3v) is 3.36. The topological polar surface area (TPSA) is 0 Å². The zero-order valence-electron chi connectivity index (χ0n) is 7.56. The highest BCUT2D eigenvalue weighted by atomic mass is 14.3. The van der Waals surface area contributed by atoms with Crippen LogP contribution in [0.2, 0.25) is 0 Å². The Morgan fingerprint density at radius 3 is 1.60 bits per heavy atom. The maximum atomic E-state index is 2.42. The van der Waals surface area contributed by atoms with E-state index in [0.717, 1.165) is 17.8 Å². The molecule has 0 heteroatoms. The van der Waals surface area contributed by atoms with Gasteiger partial charge in [0.25, 0.3) is 0 Å². The second-order valence-electron chi connectivity index (χ2n) is 4.10. The molecule has 0 bridgehead atoms. The van der Waals surface area contributed by atoms with Gasteiger partial charge in [-0.15, -0.1) is 0 Å². The van der Waals surface area contributed by atoms with Crippen molar-refractivity contribution in [3.63, 3.8) is 0 Å². The summed E-state index contributed by atoms with van der Waals surface area (Å²) in [6.45, 7) is 7.24. The molecular formula is C10H20. The molecule has 0 spiro atoms. The summed E-state index contributed by atoms with van der Waals surface area (Å²) in [4.78, 5) is 0. The number of rotatable bonds is 0. The van der Waals surface area contributed by atoms with Crippen molar-refractivity contribution in [1.29, 1.82) is 0 Å². The predicted molar refractivity (Wildman–Crippen MR) is 46.0 cm³/mol. The van der Waals surface area contributed by atoms with Crippen LogP contribution in [0, 0.1) is 17.8 Å². The van der Waals surface area contributed by atoms with Crippen LogP contribution in [0.3, 0.4) is 0 Å². The molecule has 0 saturated heterocycles. The van der Waals surface area contributed by atoms with Gasteiger partial charge in [0, 0.05) is 0 Å². The monoisotopic (exact) mass is 140 g/mol. The van der Waals surface area contributed by atoms with E-state index in [2.05, 4.69) is 20.8 Å². The first-order chi connectivity index (χ1) is 4.72. The molecule has 0 radical (unpaired) electrons. The van der Waals surface area contributed by atoms with E-state index in [1.54, 1.807) is 0 Å². The van der Waals surface area contributed by atoms with E-state index in [4.69, 9.17) is 0 Å². The first-order valence-corrected chi connectivity index (χ1v) is 4.72. The van der Waals surface area contributed by atoms with Crippen LogP contribution in [0.15, 0.2) is 0 Å². The Balaban J connectivity index is 2.46. The lowest BCUT2D eigenvalue weighted by molar-refractivity contribution is 0.284. The summed E-state index contributed by atoms with van der Waals surface area (Å²) < 4.78 is 0. The van der Waals surface area contributed by atoms with E-state index >= 15 is 0 Å². The third kappa shape index (κ3) is 1.74. The zero-order valence-corrected chi connectivity index (χ0v) is 7.56. The summed E-state index contributed by atoms with van der Waals surface area (Å²) >= 11 is 0. The summed E-state index contributed by atoms with van der Waals surface area (Å²) in [5, 5.41) is 0. The zero-order chi connectivity index (χ0) is 7.56. The lowest BCUT2D eigenvalue weighted by Crippen LogP contribution is -2.13. The fourth-order valence-corrected chi connectivity index (χ4v) is 2.02. The van der Waals surface area contributed by atoms with Crippen LogP contribution in [0.4, 0.5) is 0 Å². The fraction of sp³-hybridized carbons (Fsp3) is 1.00. The third-order valence-electron chi connectivity index (χ3n) is 3.36. The highest BCUT2D eigenvalue weighted by molar-refractivity contribution is 4.72. The molecule has 1 fully saturated rings. The highest BCUT2D eigenvalue weighted by Gasteiger charge is 2.21. The molecule has 0 heterocycles. The predicted octanol–water partition coefficient (Wildman–Crippen LogP) is 3.47. The van der Waals surface area contributed by atoms with E-state index in [1.807, 2.05) is 0 Å². The molecule has 0 N–H and O–H groups in total. The number of hydrogen-bond donors (Lipinski definition) is 0. The SMILES string of the molecule is CC1CCCCC(C)C1C. The van der Waals surface area contributed by atoms with Crippen molar-refractivity contribution in [3.8, 4) is 0 Å². The average Bonchev–Trinajstić information content (AvgIpc) is 2.04. The van der Waals surface area contributed by atoms with Crippen molar-refractivity contribution in [3.05, 3.63) is 0 Å². The van der Waals surface area contributed by atoms with Crippen molar-refractivity contribution < 1.29 is 0 Å². The summed E-state index contributed by atoms with van der Waals surface area (Å²) in [5.41, 5.74) is 0. The minimum Gasteiger partial charge on any atom is -0.0622 e. The smallest absolute Gasteiger partial charge is 0.0391 e. The highest BCUT2D eigenvalue weighted by Crippen LogP contribution is 2.32. The molecule has 0 amide bonds. The Kier molecular flexibility index (Phi) is 2.76. The van der Waals surface area contributed by atoms with E-state index in [9.17, 15) is 0 Å². The Bertz CT molecular complexity index is 84.2. The molecule has 1 rings (SSSR count). The van der Waals surface area contributed by atoms with Gasteiger partial charge in [-0.05, 0) is 17.8 Å². The van der Waals surface area contributed by atoms with Gasteiger partial charge >= 0.3 is 0 Å². The largest absolute Gasteiger partial charge is 0.0622 e. The minimum absolute atomic E-state index is 0.961. The Hall–Kier alpha value is 0. The van der Waals surface area contributed by atoms with E-state index < -0.39 is 0 Å². The molecule has 0 aliphatic heterocycles. The standard InChI is InChI=1S/C10H20/c1-8-6-4-5-7-9(2)10(8)3/h8-10H,4-7H2,1-3H3. The van der Waals surface area contributed by atoms with Crippen molar-refractivity contribution in [2.45, 2.75) is 46.5 Å². The van der Waals surface area contributed by atoms with Crippen molar-refractivity contribution >= 4 is 0 Å². The van der Waals surface area contributed by atoms with E-state index in [0.29, 0.717) is 0 Å².